The summed E-state index contributed by atoms with van der Waals surface area (Å²) in [7, 11) is 0. The maximum absolute atomic E-state index is 11.7. The molecule has 1 aromatic carbocycles. The fourth-order valence-electron chi connectivity index (χ4n) is 3.12. The molecule has 0 unspecified atom stereocenters. The molecule has 0 amide bonds. The summed E-state index contributed by atoms with van der Waals surface area (Å²) in [5.74, 6) is 0.427. The number of likely N-dealkylation sites (tertiary alicyclic amines) is 1. The molecular formula is C19H24N4O. The van der Waals surface area contributed by atoms with Gasteiger partial charge in [-0.25, -0.2) is 4.98 Å². The fourth-order valence-corrected chi connectivity index (χ4v) is 3.12. The molecule has 3 rings (SSSR count). The number of nitrogens with zero attached hydrogens (tertiary/aromatic N) is 2. The Labute approximate surface area is 142 Å². The second-order valence-corrected chi connectivity index (χ2v) is 6.36. The number of rotatable bonds is 5. The van der Waals surface area contributed by atoms with Gasteiger partial charge < -0.3 is 10.3 Å². The first-order valence-electron chi connectivity index (χ1n) is 8.45. The number of aromatic nitrogens is 2. The molecule has 5 nitrogen and oxygen atoms in total. The highest BCUT2D eigenvalue weighted by Gasteiger charge is 2.20. The number of hydrogen-bond acceptors (Lipinski definition) is 4. The first-order valence-corrected chi connectivity index (χ1v) is 8.45. The van der Waals surface area contributed by atoms with Crippen molar-refractivity contribution >= 4 is 11.9 Å². The van der Waals surface area contributed by atoms with E-state index in [0.717, 1.165) is 32.5 Å². The van der Waals surface area contributed by atoms with Crippen LogP contribution in [0.4, 0.5) is 5.82 Å². The van der Waals surface area contributed by atoms with Crippen LogP contribution in [-0.2, 0) is 0 Å². The van der Waals surface area contributed by atoms with Crippen molar-refractivity contribution in [2.75, 3.05) is 25.0 Å². The first-order chi connectivity index (χ1) is 11.7. The number of H-pyrrole nitrogens is 1. The van der Waals surface area contributed by atoms with Crippen LogP contribution < -0.4 is 10.9 Å². The molecular weight excluding hydrogens is 300 g/mol. The Morgan fingerprint density at radius 1 is 1.33 bits per heavy atom. The Morgan fingerprint density at radius 3 is 2.79 bits per heavy atom. The van der Waals surface area contributed by atoms with Crippen LogP contribution in [0.1, 0.15) is 25.3 Å². The van der Waals surface area contributed by atoms with Crippen LogP contribution in [0.3, 0.4) is 0 Å². The van der Waals surface area contributed by atoms with Gasteiger partial charge >= 0.3 is 0 Å². The molecule has 126 valence electrons. The van der Waals surface area contributed by atoms with Gasteiger partial charge in [-0.2, -0.15) is 0 Å². The molecule has 0 radical (unpaired) electrons. The smallest absolute Gasteiger partial charge is 0.290 e. The van der Waals surface area contributed by atoms with Crippen molar-refractivity contribution in [3.63, 3.8) is 0 Å². The molecule has 5 heteroatoms. The summed E-state index contributed by atoms with van der Waals surface area (Å²) in [4.78, 5) is 20.9. The molecule has 1 saturated heterocycles. The molecule has 0 spiro atoms. The third-order valence-corrected chi connectivity index (χ3v) is 4.32. The minimum Gasteiger partial charge on any atom is -0.363 e. The van der Waals surface area contributed by atoms with Gasteiger partial charge in [0, 0.05) is 38.1 Å². The summed E-state index contributed by atoms with van der Waals surface area (Å²) in [5, 5.41) is 3.27. The lowest BCUT2D eigenvalue weighted by molar-refractivity contribution is 0.236. The average molecular weight is 324 g/mol. The molecule has 1 aliphatic heterocycles. The first kappa shape index (κ1) is 16.5. The molecule has 0 aliphatic carbocycles. The largest absolute Gasteiger partial charge is 0.363 e. The van der Waals surface area contributed by atoms with Gasteiger partial charge in [-0.05, 0) is 25.3 Å². The highest BCUT2D eigenvalue weighted by molar-refractivity contribution is 5.52. The van der Waals surface area contributed by atoms with Crippen LogP contribution >= 0.6 is 0 Å². The zero-order chi connectivity index (χ0) is 16.8. The van der Waals surface area contributed by atoms with Crippen molar-refractivity contribution in [1.29, 1.82) is 0 Å². The van der Waals surface area contributed by atoms with Gasteiger partial charge in [0.2, 0.25) is 0 Å². The molecule has 0 atom stereocenters. The number of aromatic amines is 1. The van der Waals surface area contributed by atoms with Crippen molar-refractivity contribution in [2.24, 2.45) is 0 Å². The van der Waals surface area contributed by atoms with E-state index in [9.17, 15) is 4.79 Å². The Kier molecular flexibility index (Phi) is 5.43. The topological polar surface area (TPSA) is 61.0 Å². The predicted molar refractivity (Wildman–Crippen MR) is 98.0 cm³/mol. The van der Waals surface area contributed by atoms with E-state index < -0.39 is 0 Å². The molecule has 1 fully saturated rings. The summed E-state index contributed by atoms with van der Waals surface area (Å²) < 4.78 is 0. The van der Waals surface area contributed by atoms with E-state index in [2.05, 4.69) is 57.4 Å². The Morgan fingerprint density at radius 2 is 2.08 bits per heavy atom. The SMILES string of the molecule is CC(=Cc1ccccc1)CN1CCC(Nc2ncc[nH]c2=O)CC1. The monoisotopic (exact) mass is 324 g/mol. The second-order valence-electron chi connectivity index (χ2n) is 6.36. The summed E-state index contributed by atoms with van der Waals surface area (Å²) >= 11 is 0. The molecule has 1 aromatic heterocycles. The predicted octanol–water partition coefficient (Wildman–Crippen LogP) is 2.75. The second kappa shape index (κ2) is 7.93. The van der Waals surface area contributed by atoms with Gasteiger partial charge in [0.15, 0.2) is 5.82 Å². The number of benzene rings is 1. The highest BCUT2D eigenvalue weighted by atomic mass is 16.1. The zero-order valence-electron chi connectivity index (χ0n) is 14.0. The van der Waals surface area contributed by atoms with E-state index in [0.29, 0.717) is 11.9 Å². The zero-order valence-corrected chi connectivity index (χ0v) is 14.0. The Hall–Kier alpha value is -2.40. The number of piperidine rings is 1. The molecule has 1 aliphatic rings. The maximum atomic E-state index is 11.7. The van der Waals surface area contributed by atoms with E-state index in [1.165, 1.54) is 11.1 Å². The highest BCUT2D eigenvalue weighted by Crippen LogP contribution is 2.15. The van der Waals surface area contributed by atoms with Crippen molar-refractivity contribution in [3.8, 4) is 0 Å². The van der Waals surface area contributed by atoms with Gasteiger partial charge in [0.25, 0.3) is 5.56 Å². The lowest BCUT2D eigenvalue weighted by Crippen LogP contribution is -2.40. The minimum atomic E-state index is -0.151. The Balaban J connectivity index is 1.49. The maximum Gasteiger partial charge on any atom is 0.290 e. The van der Waals surface area contributed by atoms with Crippen LogP contribution in [0.2, 0.25) is 0 Å². The summed E-state index contributed by atoms with van der Waals surface area (Å²) in [6.07, 6.45) is 7.45. The molecule has 2 heterocycles. The van der Waals surface area contributed by atoms with Crippen LogP contribution in [0.25, 0.3) is 6.08 Å². The normalized spacial score (nSPS) is 17.0. The van der Waals surface area contributed by atoms with Gasteiger partial charge in [-0.3, -0.25) is 9.69 Å². The average Bonchev–Trinajstić information content (AvgIpc) is 2.59. The van der Waals surface area contributed by atoms with E-state index in [1.54, 1.807) is 12.4 Å². The minimum absolute atomic E-state index is 0.151. The van der Waals surface area contributed by atoms with Gasteiger partial charge in [0.05, 0.1) is 0 Å². The van der Waals surface area contributed by atoms with Crippen LogP contribution in [0.5, 0.6) is 0 Å². The van der Waals surface area contributed by atoms with Crippen LogP contribution in [-0.4, -0.2) is 40.5 Å². The Bertz CT molecular complexity index is 730. The number of anilines is 1. The number of hydrogen-bond donors (Lipinski definition) is 2. The van der Waals surface area contributed by atoms with Gasteiger partial charge in [-0.15, -0.1) is 0 Å². The van der Waals surface area contributed by atoms with E-state index >= 15 is 0 Å². The lowest BCUT2D eigenvalue weighted by Gasteiger charge is -2.32. The fraction of sp³-hybridized carbons (Fsp3) is 0.368. The van der Waals surface area contributed by atoms with Crippen LogP contribution in [0.15, 0.2) is 53.1 Å². The van der Waals surface area contributed by atoms with Crippen molar-refractivity contribution in [1.82, 2.24) is 14.9 Å². The van der Waals surface area contributed by atoms with Crippen LogP contribution in [0, 0.1) is 0 Å². The van der Waals surface area contributed by atoms with Crippen molar-refractivity contribution < 1.29 is 0 Å². The standard InChI is InChI=1S/C19H24N4O/c1-15(13-16-5-3-2-4-6-16)14-23-11-7-17(8-12-23)22-18-19(24)21-10-9-20-18/h2-6,9-10,13,17H,7-8,11-12,14H2,1H3,(H,20,22)(H,21,24). The van der Waals surface area contributed by atoms with Gasteiger partial charge in [-0.1, -0.05) is 42.0 Å². The molecule has 2 N–H and O–H groups in total. The summed E-state index contributed by atoms with van der Waals surface area (Å²) in [6.45, 7) is 5.24. The van der Waals surface area contributed by atoms with E-state index in [-0.39, 0.29) is 5.56 Å². The number of nitrogens with one attached hydrogen (secondary N) is 2. The summed E-state index contributed by atoms with van der Waals surface area (Å²) in [5.41, 5.74) is 2.47. The quantitative estimate of drug-likeness (QED) is 0.888. The van der Waals surface area contributed by atoms with Crippen molar-refractivity contribution in [2.45, 2.75) is 25.8 Å². The van der Waals surface area contributed by atoms with Crippen molar-refractivity contribution in [3.05, 3.63) is 64.2 Å². The molecule has 24 heavy (non-hydrogen) atoms. The molecule has 0 bridgehead atoms. The van der Waals surface area contributed by atoms with Gasteiger partial charge in [0.1, 0.15) is 0 Å². The molecule has 2 aromatic rings. The lowest BCUT2D eigenvalue weighted by atomic mass is 10.0. The molecule has 0 saturated carbocycles. The third kappa shape index (κ3) is 4.55. The summed E-state index contributed by atoms with van der Waals surface area (Å²) in [6, 6.07) is 10.7. The van der Waals surface area contributed by atoms with E-state index in [1.807, 2.05) is 6.07 Å². The van der Waals surface area contributed by atoms with E-state index in [4.69, 9.17) is 0 Å². The third-order valence-electron chi connectivity index (χ3n) is 4.32.